The molecule has 0 atom stereocenters. The summed E-state index contributed by atoms with van der Waals surface area (Å²) in [5.41, 5.74) is 0.905. The number of amides is 2. The average molecular weight is 301 g/mol. The summed E-state index contributed by atoms with van der Waals surface area (Å²) >= 11 is 0. The van der Waals surface area contributed by atoms with E-state index in [4.69, 9.17) is 4.52 Å². The number of rotatable bonds is 2. The SMILES string of the molecule is CN(C)C(=O)N1CCN(c2noc(-c3ccccc3)n2)CC1. The van der Waals surface area contributed by atoms with E-state index in [2.05, 4.69) is 10.1 Å². The van der Waals surface area contributed by atoms with E-state index in [1.165, 1.54) is 0 Å². The Kier molecular flexibility index (Phi) is 3.95. The van der Waals surface area contributed by atoms with Crippen molar-refractivity contribution < 1.29 is 9.32 Å². The molecule has 116 valence electrons. The Morgan fingerprint density at radius 1 is 1.14 bits per heavy atom. The topological polar surface area (TPSA) is 65.7 Å². The first-order chi connectivity index (χ1) is 10.6. The van der Waals surface area contributed by atoms with E-state index in [-0.39, 0.29) is 6.03 Å². The second-order valence-corrected chi connectivity index (χ2v) is 5.42. The molecule has 2 heterocycles. The Balaban J connectivity index is 1.65. The molecule has 1 aromatic heterocycles. The van der Waals surface area contributed by atoms with Crippen molar-refractivity contribution in [3.8, 4) is 11.5 Å². The Morgan fingerprint density at radius 3 is 2.45 bits per heavy atom. The van der Waals surface area contributed by atoms with Crippen LogP contribution in [0.1, 0.15) is 0 Å². The maximum absolute atomic E-state index is 11.9. The minimum atomic E-state index is 0.0396. The molecule has 22 heavy (non-hydrogen) atoms. The molecule has 0 saturated carbocycles. The number of carbonyl (C=O) groups is 1. The van der Waals surface area contributed by atoms with E-state index in [0.717, 1.165) is 5.56 Å². The van der Waals surface area contributed by atoms with Gasteiger partial charge < -0.3 is 19.2 Å². The third kappa shape index (κ3) is 2.88. The summed E-state index contributed by atoms with van der Waals surface area (Å²) < 4.78 is 5.32. The Bertz CT molecular complexity index is 632. The number of hydrogen-bond acceptors (Lipinski definition) is 5. The van der Waals surface area contributed by atoms with Gasteiger partial charge in [-0.2, -0.15) is 4.98 Å². The van der Waals surface area contributed by atoms with E-state index < -0.39 is 0 Å². The molecule has 2 amide bonds. The Hall–Kier alpha value is -2.57. The molecule has 3 rings (SSSR count). The van der Waals surface area contributed by atoms with Crippen LogP contribution in [0.15, 0.2) is 34.9 Å². The lowest BCUT2D eigenvalue weighted by Gasteiger charge is -2.35. The fraction of sp³-hybridized carbons (Fsp3) is 0.400. The highest BCUT2D eigenvalue weighted by molar-refractivity contribution is 5.74. The van der Waals surface area contributed by atoms with Gasteiger partial charge in [-0.25, -0.2) is 4.79 Å². The molecule has 1 aliphatic rings. The maximum Gasteiger partial charge on any atom is 0.319 e. The van der Waals surface area contributed by atoms with Crippen molar-refractivity contribution in [2.75, 3.05) is 45.2 Å². The molecule has 1 saturated heterocycles. The molecule has 1 aromatic carbocycles. The summed E-state index contributed by atoms with van der Waals surface area (Å²) in [6, 6.07) is 9.73. The first-order valence-electron chi connectivity index (χ1n) is 7.25. The highest BCUT2D eigenvalue weighted by Gasteiger charge is 2.24. The van der Waals surface area contributed by atoms with E-state index in [0.29, 0.717) is 38.0 Å². The molecule has 7 heteroatoms. The second-order valence-electron chi connectivity index (χ2n) is 5.42. The van der Waals surface area contributed by atoms with Crippen molar-refractivity contribution in [3.63, 3.8) is 0 Å². The molecule has 2 aromatic rings. The zero-order valence-corrected chi connectivity index (χ0v) is 12.8. The van der Waals surface area contributed by atoms with Gasteiger partial charge in [0.05, 0.1) is 0 Å². The van der Waals surface area contributed by atoms with Gasteiger partial charge in [-0.15, -0.1) is 0 Å². The summed E-state index contributed by atoms with van der Waals surface area (Å²) in [6.07, 6.45) is 0. The summed E-state index contributed by atoms with van der Waals surface area (Å²) in [4.78, 5) is 21.8. The quantitative estimate of drug-likeness (QED) is 0.842. The van der Waals surface area contributed by atoms with Gasteiger partial charge >= 0.3 is 6.03 Å². The van der Waals surface area contributed by atoms with Gasteiger partial charge in [-0.05, 0) is 17.3 Å². The molecule has 0 aliphatic carbocycles. The number of benzene rings is 1. The number of carbonyl (C=O) groups excluding carboxylic acids is 1. The predicted molar refractivity (Wildman–Crippen MR) is 82.6 cm³/mol. The van der Waals surface area contributed by atoms with E-state index in [1.54, 1.807) is 19.0 Å². The molecule has 0 unspecified atom stereocenters. The van der Waals surface area contributed by atoms with Gasteiger partial charge in [-0.1, -0.05) is 18.2 Å². The van der Waals surface area contributed by atoms with Crippen LogP contribution in [0.2, 0.25) is 0 Å². The van der Waals surface area contributed by atoms with Crippen LogP contribution in [0.4, 0.5) is 10.7 Å². The van der Waals surface area contributed by atoms with Crippen molar-refractivity contribution in [1.29, 1.82) is 0 Å². The molecule has 1 fully saturated rings. The number of piperazine rings is 1. The van der Waals surface area contributed by atoms with Crippen LogP contribution < -0.4 is 4.90 Å². The van der Waals surface area contributed by atoms with Crippen molar-refractivity contribution in [2.24, 2.45) is 0 Å². The largest absolute Gasteiger partial charge is 0.335 e. The van der Waals surface area contributed by atoms with E-state index in [1.807, 2.05) is 40.1 Å². The monoisotopic (exact) mass is 301 g/mol. The molecule has 0 radical (unpaired) electrons. The smallest absolute Gasteiger partial charge is 0.319 e. The van der Waals surface area contributed by atoms with Crippen molar-refractivity contribution in [3.05, 3.63) is 30.3 Å². The molecule has 0 N–H and O–H groups in total. The van der Waals surface area contributed by atoms with E-state index >= 15 is 0 Å². The lowest BCUT2D eigenvalue weighted by Crippen LogP contribution is -2.51. The Morgan fingerprint density at radius 2 is 1.82 bits per heavy atom. The average Bonchev–Trinajstić information content (AvgIpc) is 3.05. The predicted octanol–water partition coefficient (Wildman–Crippen LogP) is 1.54. The van der Waals surface area contributed by atoms with Crippen LogP contribution in [-0.2, 0) is 0 Å². The summed E-state index contributed by atoms with van der Waals surface area (Å²) in [5.74, 6) is 1.10. The van der Waals surface area contributed by atoms with Gasteiger partial charge in [0, 0.05) is 45.8 Å². The molecular formula is C15H19N5O2. The van der Waals surface area contributed by atoms with Gasteiger partial charge in [0.25, 0.3) is 11.8 Å². The zero-order valence-electron chi connectivity index (χ0n) is 12.8. The first kappa shape index (κ1) is 14.4. The maximum atomic E-state index is 11.9. The van der Waals surface area contributed by atoms with Crippen LogP contribution in [0.5, 0.6) is 0 Å². The van der Waals surface area contributed by atoms with Crippen LogP contribution in [0, 0.1) is 0 Å². The highest BCUT2D eigenvalue weighted by atomic mass is 16.5. The zero-order chi connectivity index (χ0) is 15.5. The van der Waals surface area contributed by atoms with Gasteiger partial charge in [0.15, 0.2) is 0 Å². The molecule has 0 bridgehead atoms. The minimum absolute atomic E-state index is 0.0396. The second kappa shape index (κ2) is 6.05. The molecule has 0 spiro atoms. The number of aromatic nitrogens is 2. The summed E-state index contributed by atoms with van der Waals surface area (Å²) in [5, 5.41) is 4.05. The standard InChI is InChI=1S/C15H19N5O2/c1-18(2)15(21)20-10-8-19(9-11-20)14-16-13(22-17-14)12-6-4-3-5-7-12/h3-7H,8-11H2,1-2H3. The Labute approximate surface area is 129 Å². The number of urea groups is 1. The van der Waals surface area contributed by atoms with Crippen molar-refractivity contribution in [2.45, 2.75) is 0 Å². The third-order valence-electron chi connectivity index (χ3n) is 3.65. The fourth-order valence-corrected chi connectivity index (χ4v) is 2.42. The number of nitrogens with zero attached hydrogens (tertiary/aromatic N) is 5. The van der Waals surface area contributed by atoms with Crippen molar-refractivity contribution in [1.82, 2.24) is 19.9 Å². The fourth-order valence-electron chi connectivity index (χ4n) is 2.42. The number of hydrogen-bond donors (Lipinski definition) is 0. The van der Waals surface area contributed by atoms with Crippen LogP contribution >= 0.6 is 0 Å². The lowest BCUT2D eigenvalue weighted by atomic mass is 10.2. The lowest BCUT2D eigenvalue weighted by molar-refractivity contribution is 0.167. The summed E-state index contributed by atoms with van der Waals surface area (Å²) in [7, 11) is 3.53. The normalized spacial score (nSPS) is 15.0. The van der Waals surface area contributed by atoms with E-state index in [9.17, 15) is 4.79 Å². The molecule has 7 nitrogen and oxygen atoms in total. The number of anilines is 1. The first-order valence-corrected chi connectivity index (χ1v) is 7.25. The highest BCUT2D eigenvalue weighted by Crippen LogP contribution is 2.20. The van der Waals surface area contributed by atoms with Gasteiger partial charge in [0.2, 0.25) is 0 Å². The summed E-state index contributed by atoms with van der Waals surface area (Å²) in [6.45, 7) is 2.72. The third-order valence-corrected chi connectivity index (χ3v) is 3.65. The van der Waals surface area contributed by atoms with Gasteiger partial charge in [-0.3, -0.25) is 0 Å². The minimum Gasteiger partial charge on any atom is -0.335 e. The van der Waals surface area contributed by atoms with Crippen LogP contribution in [0.25, 0.3) is 11.5 Å². The van der Waals surface area contributed by atoms with Crippen LogP contribution in [-0.4, -0.2) is 66.2 Å². The van der Waals surface area contributed by atoms with Gasteiger partial charge in [0.1, 0.15) is 0 Å². The van der Waals surface area contributed by atoms with Crippen LogP contribution in [0.3, 0.4) is 0 Å². The molecular weight excluding hydrogens is 282 g/mol. The molecule has 1 aliphatic heterocycles. The van der Waals surface area contributed by atoms with Crippen molar-refractivity contribution >= 4 is 12.0 Å².